The molecule has 0 heterocycles. The zero-order valence-electron chi connectivity index (χ0n) is 20.4. The number of halogens is 3. The average Bonchev–Trinajstić information content (AvgIpc) is 2.84. The first-order valence-corrected chi connectivity index (χ1v) is 12.0. The molecule has 0 radical (unpaired) electrons. The number of carboxylic acid groups (broad SMARTS) is 1. The van der Waals surface area contributed by atoms with Gasteiger partial charge < -0.3 is 15.7 Å². The van der Waals surface area contributed by atoms with E-state index in [4.69, 9.17) is 16.7 Å². The van der Waals surface area contributed by atoms with E-state index in [0.717, 1.165) is 11.6 Å². The summed E-state index contributed by atoms with van der Waals surface area (Å²) in [5.41, 5.74) is 0.837. The molecule has 0 saturated heterocycles. The van der Waals surface area contributed by atoms with E-state index in [1.807, 2.05) is 26.0 Å². The Morgan fingerprint density at radius 1 is 0.973 bits per heavy atom. The summed E-state index contributed by atoms with van der Waals surface area (Å²) in [4.78, 5) is 37.1. The summed E-state index contributed by atoms with van der Waals surface area (Å²) in [6.07, 6.45) is 0.0396. The van der Waals surface area contributed by atoms with Gasteiger partial charge in [0.25, 0.3) is 5.91 Å². The van der Waals surface area contributed by atoms with Gasteiger partial charge in [-0.05, 0) is 68.1 Å². The summed E-state index contributed by atoms with van der Waals surface area (Å²) in [5.74, 6) is -4.20. The number of aliphatic carboxylic acids is 1. The Morgan fingerprint density at radius 3 is 2.24 bits per heavy atom. The summed E-state index contributed by atoms with van der Waals surface area (Å²) in [7, 11) is 0. The SMILES string of the molecule is CC(C)(Cc1ccc(Cl)cc1)NC(=O)[C@H](CCC(=O)O)NC(=O)c1ccc(-c2cccc(F)c2F)cc1. The molecule has 3 rings (SSSR count). The average molecular weight is 529 g/mol. The predicted molar refractivity (Wildman–Crippen MR) is 137 cm³/mol. The summed E-state index contributed by atoms with van der Waals surface area (Å²) in [6, 6.07) is 15.7. The molecule has 194 valence electrons. The molecule has 0 aliphatic rings. The largest absolute Gasteiger partial charge is 0.481 e. The number of carbonyl (C=O) groups is 3. The van der Waals surface area contributed by atoms with Crippen molar-refractivity contribution in [1.29, 1.82) is 0 Å². The Hall–Kier alpha value is -3.78. The van der Waals surface area contributed by atoms with Crippen LogP contribution in [0.1, 0.15) is 42.6 Å². The number of carbonyl (C=O) groups excluding carboxylic acids is 2. The van der Waals surface area contributed by atoms with Crippen LogP contribution in [-0.4, -0.2) is 34.5 Å². The Bertz CT molecular complexity index is 1280. The van der Waals surface area contributed by atoms with Gasteiger partial charge in [0, 0.05) is 28.1 Å². The standard InChI is InChI=1S/C28H27ClF2N2O4/c1-28(2,16-17-6-12-20(29)13-7-17)33-27(37)23(14-15-24(34)35)32-26(36)19-10-8-18(9-11-19)21-4-3-5-22(30)25(21)31/h3-13,23H,14-16H2,1-2H3,(H,32,36)(H,33,37)(H,34,35)/t23-/m0/s1. The summed E-state index contributed by atoms with van der Waals surface area (Å²) in [5, 5.41) is 15.2. The van der Waals surface area contributed by atoms with Crippen LogP contribution in [0.2, 0.25) is 5.02 Å². The Kier molecular flexibility index (Phi) is 8.99. The van der Waals surface area contributed by atoms with Crippen molar-refractivity contribution in [2.75, 3.05) is 0 Å². The lowest BCUT2D eigenvalue weighted by atomic mass is 9.94. The minimum absolute atomic E-state index is 0.0496. The van der Waals surface area contributed by atoms with Crippen LogP contribution in [0.5, 0.6) is 0 Å². The molecule has 3 N–H and O–H groups in total. The fourth-order valence-corrected chi connectivity index (χ4v) is 4.01. The second kappa shape index (κ2) is 12.0. The molecule has 1 atom stereocenters. The van der Waals surface area contributed by atoms with Gasteiger partial charge in [0.1, 0.15) is 6.04 Å². The lowest BCUT2D eigenvalue weighted by molar-refractivity contribution is -0.137. The first-order chi connectivity index (χ1) is 17.4. The fourth-order valence-electron chi connectivity index (χ4n) is 3.88. The number of hydrogen-bond donors (Lipinski definition) is 3. The van der Waals surface area contributed by atoms with Crippen LogP contribution in [-0.2, 0) is 16.0 Å². The highest BCUT2D eigenvalue weighted by molar-refractivity contribution is 6.30. The second-order valence-corrected chi connectivity index (χ2v) is 9.75. The minimum atomic E-state index is -1.10. The van der Waals surface area contributed by atoms with Crippen LogP contribution in [0.15, 0.2) is 66.7 Å². The van der Waals surface area contributed by atoms with Crippen molar-refractivity contribution in [3.63, 3.8) is 0 Å². The molecule has 0 fully saturated rings. The second-order valence-electron chi connectivity index (χ2n) is 9.31. The normalized spacial score (nSPS) is 12.0. The van der Waals surface area contributed by atoms with Gasteiger partial charge in [0.15, 0.2) is 11.6 Å². The maximum absolute atomic E-state index is 14.1. The van der Waals surface area contributed by atoms with Gasteiger partial charge in [-0.25, -0.2) is 8.78 Å². The number of hydrogen-bond acceptors (Lipinski definition) is 3. The van der Waals surface area contributed by atoms with Crippen LogP contribution >= 0.6 is 11.6 Å². The van der Waals surface area contributed by atoms with Gasteiger partial charge >= 0.3 is 5.97 Å². The van der Waals surface area contributed by atoms with Crippen LogP contribution in [0.4, 0.5) is 8.78 Å². The maximum Gasteiger partial charge on any atom is 0.303 e. The predicted octanol–water partition coefficient (Wildman–Crippen LogP) is 5.39. The van der Waals surface area contributed by atoms with Gasteiger partial charge in [-0.2, -0.15) is 0 Å². The maximum atomic E-state index is 14.1. The third kappa shape index (κ3) is 7.85. The highest BCUT2D eigenvalue weighted by Gasteiger charge is 2.28. The lowest BCUT2D eigenvalue weighted by Gasteiger charge is -2.29. The third-order valence-electron chi connectivity index (χ3n) is 5.70. The first kappa shape index (κ1) is 27.8. The van der Waals surface area contributed by atoms with Gasteiger partial charge in [-0.15, -0.1) is 0 Å². The number of carboxylic acids is 1. The van der Waals surface area contributed by atoms with Gasteiger partial charge in [-0.1, -0.05) is 48.0 Å². The van der Waals surface area contributed by atoms with E-state index in [1.165, 1.54) is 36.4 Å². The van der Waals surface area contributed by atoms with Crippen molar-refractivity contribution in [2.45, 2.75) is 44.7 Å². The van der Waals surface area contributed by atoms with Crippen molar-refractivity contribution in [1.82, 2.24) is 10.6 Å². The Morgan fingerprint density at radius 2 is 1.62 bits per heavy atom. The summed E-state index contributed by atoms with van der Waals surface area (Å²) < 4.78 is 27.6. The molecule has 6 nitrogen and oxygen atoms in total. The Labute approximate surface area is 218 Å². The molecule has 0 bridgehead atoms. The van der Waals surface area contributed by atoms with Crippen molar-refractivity contribution in [3.8, 4) is 11.1 Å². The highest BCUT2D eigenvalue weighted by Crippen LogP contribution is 2.25. The van der Waals surface area contributed by atoms with Crippen molar-refractivity contribution in [3.05, 3.63) is 94.5 Å². The van der Waals surface area contributed by atoms with Crippen LogP contribution in [0.3, 0.4) is 0 Å². The van der Waals surface area contributed by atoms with E-state index in [9.17, 15) is 23.2 Å². The van der Waals surface area contributed by atoms with Gasteiger partial charge in [0.2, 0.25) is 5.91 Å². The number of nitrogens with one attached hydrogen (secondary N) is 2. The van der Waals surface area contributed by atoms with Crippen LogP contribution in [0, 0.1) is 11.6 Å². The monoisotopic (exact) mass is 528 g/mol. The summed E-state index contributed by atoms with van der Waals surface area (Å²) in [6.45, 7) is 3.64. The molecular formula is C28H27ClF2N2O4. The van der Waals surface area contributed by atoms with Crippen LogP contribution < -0.4 is 10.6 Å². The number of amides is 2. The summed E-state index contributed by atoms with van der Waals surface area (Å²) >= 11 is 5.93. The third-order valence-corrected chi connectivity index (χ3v) is 5.95. The van der Waals surface area contributed by atoms with E-state index < -0.39 is 41.0 Å². The minimum Gasteiger partial charge on any atom is -0.481 e. The molecule has 0 unspecified atom stereocenters. The zero-order valence-corrected chi connectivity index (χ0v) is 21.1. The van der Waals surface area contributed by atoms with Crippen molar-refractivity contribution in [2.24, 2.45) is 0 Å². The van der Waals surface area contributed by atoms with Gasteiger partial charge in [0.05, 0.1) is 0 Å². The molecule has 0 aliphatic heterocycles. The quantitative estimate of drug-likeness (QED) is 0.329. The van der Waals surface area contributed by atoms with Crippen molar-refractivity contribution < 1.29 is 28.3 Å². The van der Waals surface area contributed by atoms with E-state index in [1.54, 1.807) is 12.1 Å². The highest BCUT2D eigenvalue weighted by atomic mass is 35.5. The van der Waals surface area contributed by atoms with E-state index in [0.29, 0.717) is 17.0 Å². The van der Waals surface area contributed by atoms with E-state index in [-0.39, 0.29) is 24.0 Å². The smallest absolute Gasteiger partial charge is 0.303 e. The van der Waals surface area contributed by atoms with Crippen LogP contribution in [0.25, 0.3) is 11.1 Å². The number of benzene rings is 3. The van der Waals surface area contributed by atoms with Crippen molar-refractivity contribution >= 4 is 29.4 Å². The first-order valence-electron chi connectivity index (χ1n) is 11.6. The Balaban J connectivity index is 1.72. The topological polar surface area (TPSA) is 95.5 Å². The lowest BCUT2D eigenvalue weighted by Crippen LogP contribution is -2.54. The van der Waals surface area contributed by atoms with E-state index >= 15 is 0 Å². The fraction of sp³-hybridized carbons (Fsp3) is 0.250. The number of rotatable bonds is 10. The molecule has 3 aromatic carbocycles. The molecule has 0 spiro atoms. The molecular weight excluding hydrogens is 502 g/mol. The zero-order chi connectivity index (χ0) is 27.2. The molecule has 37 heavy (non-hydrogen) atoms. The molecule has 0 saturated carbocycles. The molecule has 3 aromatic rings. The molecule has 0 aliphatic carbocycles. The molecule has 2 amide bonds. The molecule has 0 aromatic heterocycles. The molecule has 9 heteroatoms. The van der Waals surface area contributed by atoms with E-state index in [2.05, 4.69) is 10.6 Å². The van der Waals surface area contributed by atoms with Gasteiger partial charge in [-0.3, -0.25) is 14.4 Å².